The molecule has 0 aliphatic carbocycles. The summed E-state index contributed by atoms with van der Waals surface area (Å²) < 4.78 is 43.4. The minimum absolute atomic E-state index is 0.00661. The number of halogens is 2. The van der Waals surface area contributed by atoms with E-state index in [1.54, 1.807) is 17.0 Å². The van der Waals surface area contributed by atoms with Crippen molar-refractivity contribution in [3.8, 4) is 11.5 Å². The lowest BCUT2D eigenvalue weighted by Crippen LogP contribution is -2.34. The van der Waals surface area contributed by atoms with Crippen LogP contribution in [-0.2, 0) is 15.4 Å². The smallest absolute Gasteiger partial charge is 0.314 e. The number of carbonyl (C=O) groups excluding carboxylic acids is 2. The van der Waals surface area contributed by atoms with Gasteiger partial charge in [-0.3, -0.25) is 9.59 Å². The highest BCUT2D eigenvalue weighted by Crippen LogP contribution is 2.30. The van der Waals surface area contributed by atoms with Gasteiger partial charge in [-0.15, -0.1) is 0 Å². The molecule has 0 atom stereocenters. The Balaban J connectivity index is 2.18. The van der Waals surface area contributed by atoms with Gasteiger partial charge in [-0.1, -0.05) is 6.07 Å². The first-order valence-electron chi connectivity index (χ1n) is 10.0. The number of amides is 1. The Morgan fingerprint density at radius 2 is 1.62 bits per heavy atom. The molecule has 0 aromatic heterocycles. The van der Waals surface area contributed by atoms with E-state index in [-0.39, 0.29) is 31.0 Å². The normalized spacial score (nSPS) is 10.6. The van der Waals surface area contributed by atoms with E-state index in [1.807, 2.05) is 6.92 Å². The Labute approximate surface area is 191 Å². The van der Waals surface area contributed by atoms with Gasteiger partial charge < -0.3 is 18.6 Å². The third-order valence-electron chi connectivity index (χ3n) is 4.82. The van der Waals surface area contributed by atoms with Crippen molar-refractivity contribution in [3.63, 3.8) is 0 Å². The molecular formula is C23H27F2NO5S. The molecule has 0 radical (unpaired) electrons. The highest BCUT2D eigenvalue weighted by atomic mass is 32.2. The predicted molar refractivity (Wildman–Crippen MR) is 119 cm³/mol. The van der Waals surface area contributed by atoms with E-state index in [2.05, 4.69) is 0 Å². The average molecular weight is 468 g/mol. The largest absolute Gasteiger partial charge is 0.496 e. The zero-order valence-electron chi connectivity index (χ0n) is 18.6. The van der Waals surface area contributed by atoms with Crippen LogP contribution in [-0.4, -0.2) is 49.8 Å². The molecule has 0 aliphatic rings. The van der Waals surface area contributed by atoms with Crippen LogP contribution in [0.1, 0.15) is 34.8 Å². The number of nitrogens with zero attached hydrogens (tertiary/aromatic N) is 1. The fourth-order valence-corrected chi connectivity index (χ4v) is 3.74. The van der Waals surface area contributed by atoms with Crippen molar-refractivity contribution in [2.24, 2.45) is 0 Å². The number of hydrogen-bond donors (Lipinski definition) is 0. The molecule has 9 heteroatoms. The molecule has 0 spiro atoms. The molecular weight excluding hydrogens is 440 g/mol. The fourth-order valence-electron chi connectivity index (χ4n) is 3.20. The molecule has 0 heterocycles. The maximum Gasteiger partial charge on any atom is 0.314 e. The number of hydrogen-bond acceptors (Lipinski definition) is 6. The van der Waals surface area contributed by atoms with Crippen molar-refractivity contribution in [1.29, 1.82) is 0 Å². The molecule has 174 valence electrons. The van der Waals surface area contributed by atoms with E-state index in [9.17, 15) is 18.4 Å². The first kappa shape index (κ1) is 25.5. The molecule has 0 saturated carbocycles. The van der Waals surface area contributed by atoms with Crippen LogP contribution in [0.2, 0.25) is 0 Å². The number of benzene rings is 2. The van der Waals surface area contributed by atoms with E-state index in [0.717, 1.165) is 17.6 Å². The Morgan fingerprint density at radius 1 is 1.03 bits per heavy atom. The fraction of sp³-hybridized carbons (Fsp3) is 0.391. The molecule has 6 nitrogen and oxygen atoms in total. The van der Waals surface area contributed by atoms with E-state index in [1.165, 1.54) is 39.3 Å². The molecule has 1 amide bonds. The summed E-state index contributed by atoms with van der Waals surface area (Å²) in [7, 11) is 3.01. The lowest BCUT2D eigenvalue weighted by Gasteiger charge is -2.23. The summed E-state index contributed by atoms with van der Waals surface area (Å²) in [4.78, 5) is 25.8. The first-order chi connectivity index (χ1) is 15.3. The van der Waals surface area contributed by atoms with Crippen molar-refractivity contribution >= 4 is 23.9 Å². The van der Waals surface area contributed by atoms with Crippen molar-refractivity contribution in [3.05, 3.63) is 58.7 Å². The Hall–Kier alpha value is -2.81. The second-order valence-electron chi connectivity index (χ2n) is 7.00. The monoisotopic (exact) mass is 467 g/mol. The van der Waals surface area contributed by atoms with Gasteiger partial charge in [0.15, 0.2) is 0 Å². The highest BCUT2D eigenvalue weighted by Gasteiger charge is 2.20. The van der Waals surface area contributed by atoms with Crippen LogP contribution in [0.4, 0.5) is 8.78 Å². The van der Waals surface area contributed by atoms with Gasteiger partial charge in [0.2, 0.25) is 0 Å². The lowest BCUT2D eigenvalue weighted by molar-refractivity contribution is -0.130. The first-order valence-corrected chi connectivity index (χ1v) is 10.9. The van der Waals surface area contributed by atoms with Gasteiger partial charge in [-0.2, -0.15) is 0 Å². The zero-order valence-corrected chi connectivity index (χ0v) is 19.4. The third kappa shape index (κ3) is 6.85. The van der Waals surface area contributed by atoms with Crippen molar-refractivity contribution in [2.45, 2.75) is 26.7 Å². The van der Waals surface area contributed by atoms with Gasteiger partial charge in [0, 0.05) is 42.5 Å². The molecule has 0 bridgehead atoms. The molecule has 0 fully saturated rings. The van der Waals surface area contributed by atoms with Crippen LogP contribution in [0.25, 0.3) is 0 Å². The van der Waals surface area contributed by atoms with Crippen molar-refractivity contribution in [1.82, 2.24) is 4.90 Å². The number of rotatable bonds is 11. The van der Waals surface area contributed by atoms with Crippen LogP contribution in [0, 0.1) is 18.6 Å². The van der Waals surface area contributed by atoms with E-state index < -0.39 is 17.6 Å². The summed E-state index contributed by atoms with van der Waals surface area (Å²) in [5.41, 5.74) is 1.12. The lowest BCUT2D eigenvalue weighted by atomic mass is 10.1. The van der Waals surface area contributed by atoms with E-state index in [0.29, 0.717) is 29.2 Å². The molecule has 0 N–H and O–H groups in total. The van der Waals surface area contributed by atoms with Gasteiger partial charge in [-0.25, -0.2) is 8.78 Å². The summed E-state index contributed by atoms with van der Waals surface area (Å²) >= 11 is 0.942. The predicted octanol–water partition coefficient (Wildman–Crippen LogP) is 4.58. The van der Waals surface area contributed by atoms with E-state index >= 15 is 0 Å². The van der Waals surface area contributed by atoms with Gasteiger partial charge >= 0.3 is 5.97 Å². The summed E-state index contributed by atoms with van der Waals surface area (Å²) in [6.07, 6.45) is 0.488. The highest BCUT2D eigenvalue weighted by molar-refractivity contribution is 7.95. The standard InChI is InChI=1S/C23H27F2NO5S/c1-15-21(29-3)13-17(14-22(15)30-4)23(28)26(11-12-32-31-16(2)27)10-6-7-18-19(24)8-5-9-20(18)25/h5,8-9,13-14H,6-7,10-12H2,1-4H3. The van der Waals surface area contributed by atoms with Gasteiger partial charge in [0.05, 0.1) is 26.3 Å². The van der Waals surface area contributed by atoms with Crippen LogP contribution in [0.3, 0.4) is 0 Å². The second kappa shape index (κ2) is 12.3. The Bertz CT molecular complexity index is 909. The van der Waals surface area contributed by atoms with Crippen molar-refractivity contribution in [2.75, 3.05) is 33.1 Å². The van der Waals surface area contributed by atoms with Crippen molar-refractivity contribution < 1.29 is 32.0 Å². The zero-order chi connectivity index (χ0) is 23.7. The topological polar surface area (TPSA) is 65.1 Å². The van der Waals surface area contributed by atoms with Gasteiger partial charge in [-0.05, 0) is 44.0 Å². The summed E-state index contributed by atoms with van der Waals surface area (Å²) in [5, 5.41) is 0. The third-order valence-corrected chi connectivity index (χ3v) is 5.53. The van der Waals surface area contributed by atoms with Gasteiger partial charge in [0.1, 0.15) is 23.1 Å². The average Bonchev–Trinajstić information content (AvgIpc) is 2.76. The minimum Gasteiger partial charge on any atom is -0.496 e. The minimum atomic E-state index is -0.610. The van der Waals surface area contributed by atoms with Crippen LogP contribution in [0.15, 0.2) is 30.3 Å². The SMILES string of the molecule is COc1cc(C(=O)N(CCCc2c(F)cccc2F)CCSOC(C)=O)cc(OC)c1C. The summed E-state index contributed by atoms with van der Waals surface area (Å²) in [6.45, 7) is 3.65. The Kier molecular flexibility index (Phi) is 9.77. The molecule has 0 aliphatic heterocycles. The molecule has 2 aromatic rings. The maximum atomic E-state index is 13.9. The molecule has 0 unspecified atom stereocenters. The summed E-state index contributed by atoms with van der Waals surface area (Å²) in [5.74, 6) is -0.581. The van der Waals surface area contributed by atoms with Crippen LogP contribution < -0.4 is 9.47 Å². The Morgan fingerprint density at radius 3 is 2.16 bits per heavy atom. The quantitative estimate of drug-likeness (QED) is 0.356. The molecule has 2 aromatic carbocycles. The van der Waals surface area contributed by atoms with E-state index in [4.69, 9.17) is 13.7 Å². The second-order valence-corrected chi connectivity index (χ2v) is 7.81. The number of ether oxygens (including phenoxy) is 2. The maximum absolute atomic E-state index is 13.9. The van der Waals surface area contributed by atoms with Crippen LogP contribution >= 0.6 is 12.0 Å². The molecule has 0 saturated heterocycles. The molecule has 2 rings (SSSR count). The summed E-state index contributed by atoms with van der Waals surface area (Å²) in [6, 6.07) is 6.99. The number of methoxy groups -OCH3 is 2. The molecule has 32 heavy (non-hydrogen) atoms. The number of carbonyl (C=O) groups is 2. The van der Waals surface area contributed by atoms with Crippen LogP contribution in [0.5, 0.6) is 11.5 Å². The van der Waals surface area contributed by atoms with Gasteiger partial charge in [0.25, 0.3) is 5.91 Å².